The Kier molecular flexibility index (Phi) is 5.90. The summed E-state index contributed by atoms with van der Waals surface area (Å²) in [4.78, 5) is 33.1. The molecule has 0 bridgehead atoms. The van der Waals surface area contributed by atoms with Gasteiger partial charge in [-0.25, -0.2) is 9.78 Å². The van der Waals surface area contributed by atoms with Crippen LogP contribution in [0, 0.1) is 0 Å². The number of hydrogen-bond donors (Lipinski definition) is 2. The van der Waals surface area contributed by atoms with E-state index in [1.165, 1.54) is 46.6 Å². The van der Waals surface area contributed by atoms with E-state index in [0.717, 1.165) is 79.3 Å². The number of fused-ring (bicyclic) bond motifs is 3. The second-order valence-corrected chi connectivity index (χ2v) is 10.7. The summed E-state index contributed by atoms with van der Waals surface area (Å²) in [6, 6.07) is 2.12. The second kappa shape index (κ2) is 8.83. The molecule has 5 rings (SSSR count). The van der Waals surface area contributed by atoms with E-state index in [2.05, 4.69) is 11.4 Å². The summed E-state index contributed by atoms with van der Waals surface area (Å²) < 4.78 is 5.05. The zero-order valence-electron chi connectivity index (χ0n) is 18.2. The van der Waals surface area contributed by atoms with Crippen LogP contribution in [0.2, 0.25) is 0 Å². The fraction of sp³-hybridized carbons (Fsp3) is 0.458. The number of esters is 1. The molecule has 3 aromatic rings. The Balaban J connectivity index is 1.50. The summed E-state index contributed by atoms with van der Waals surface area (Å²) >= 11 is 2.82. The third-order valence-electron chi connectivity index (χ3n) is 6.49. The monoisotopic (exact) mass is 469 g/mol. The Labute approximate surface area is 195 Å². The van der Waals surface area contributed by atoms with Crippen LogP contribution in [-0.4, -0.2) is 24.0 Å². The summed E-state index contributed by atoms with van der Waals surface area (Å²) in [5.41, 5.74) is 10.8. The average Bonchev–Trinajstić information content (AvgIpc) is 3.06. The van der Waals surface area contributed by atoms with Gasteiger partial charge in [0.2, 0.25) is 0 Å². The number of thiophene rings is 2. The SMILES string of the molecule is COC(=O)c1c(NC(=O)c2sc3nc4c(cc3c2N)CCCCC4)sc2c1CCCCC2. The topological polar surface area (TPSA) is 94.3 Å². The minimum Gasteiger partial charge on any atom is -0.465 e. The van der Waals surface area contributed by atoms with Gasteiger partial charge in [-0.05, 0) is 68.6 Å². The summed E-state index contributed by atoms with van der Waals surface area (Å²) in [7, 11) is 1.38. The highest BCUT2D eigenvalue weighted by atomic mass is 32.1. The second-order valence-electron chi connectivity index (χ2n) is 8.57. The number of methoxy groups -OCH3 is 1. The number of aromatic nitrogens is 1. The molecule has 3 N–H and O–H groups in total. The number of nitrogens with one attached hydrogen (secondary N) is 1. The van der Waals surface area contributed by atoms with Gasteiger partial charge < -0.3 is 15.8 Å². The predicted molar refractivity (Wildman–Crippen MR) is 130 cm³/mol. The van der Waals surface area contributed by atoms with Crippen molar-refractivity contribution in [3.05, 3.63) is 38.2 Å². The standard InChI is InChI=1S/C24H27N3O3S2/c1-30-24(29)18-14-9-5-3-7-11-17(14)31-23(18)27-21(28)20-19(25)15-12-13-8-4-2-6-10-16(13)26-22(15)32-20/h12H,2-11,25H2,1H3,(H,27,28). The highest BCUT2D eigenvalue weighted by Crippen LogP contribution is 2.40. The van der Waals surface area contributed by atoms with Crippen molar-refractivity contribution in [1.82, 2.24) is 4.98 Å². The Morgan fingerprint density at radius 2 is 1.78 bits per heavy atom. The Bertz CT molecular complexity index is 1210. The number of rotatable bonds is 3. The van der Waals surface area contributed by atoms with E-state index in [9.17, 15) is 9.59 Å². The average molecular weight is 470 g/mol. The third-order valence-corrected chi connectivity index (χ3v) is 8.81. The van der Waals surface area contributed by atoms with Crippen molar-refractivity contribution in [3.8, 4) is 0 Å². The molecule has 32 heavy (non-hydrogen) atoms. The first-order valence-electron chi connectivity index (χ1n) is 11.3. The number of anilines is 2. The van der Waals surface area contributed by atoms with E-state index in [0.29, 0.717) is 21.1 Å². The lowest BCUT2D eigenvalue weighted by molar-refractivity contribution is 0.0601. The first kappa shape index (κ1) is 21.4. The lowest BCUT2D eigenvalue weighted by Crippen LogP contribution is -2.14. The van der Waals surface area contributed by atoms with E-state index in [-0.39, 0.29) is 5.91 Å². The maximum atomic E-state index is 13.3. The molecule has 0 saturated heterocycles. The molecule has 2 aliphatic carbocycles. The van der Waals surface area contributed by atoms with Gasteiger partial charge in [-0.1, -0.05) is 12.8 Å². The number of carbonyl (C=O) groups is 2. The van der Waals surface area contributed by atoms with Gasteiger partial charge in [0.05, 0.1) is 18.4 Å². The van der Waals surface area contributed by atoms with Gasteiger partial charge in [-0.15, -0.1) is 22.7 Å². The molecule has 0 saturated carbocycles. The lowest BCUT2D eigenvalue weighted by atomic mass is 10.1. The molecule has 3 aromatic heterocycles. The van der Waals surface area contributed by atoms with Gasteiger partial charge in [-0.2, -0.15) is 0 Å². The van der Waals surface area contributed by atoms with Crippen LogP contribution in [0.15, 0.2) is 6.07 Å². The summed E-state index contributed by atoms with van der Waals surface area (Å²) in [6.45, 7) is 0. The number of ether oxygens (including phenoxy) is 1. The molecule has 1 amide bonds. The number of hydrogen-bond acceptors (Lipinski definition) is 7. The molecular weight excluding hydrogens is 442 g/mol. The van der Waals surface area contributed by atoms with E-state index < -0.39 is 5.97 Å². The predicted octanol–water partition coefficient (Wildman–Crippen LogP) is 5.52. The van der Waals surface area contributed by atoms with Gasteiger partial charge in [-0.3, -0.25) is 4.79 Å². The molecule has 0 atom stereocenters. The largest absolute Gasteiger partial charge is 0.465 e. The molecule has 0 unspecified atom stereocenters. The van der Waals surface area contributed by atoms with Crippen molar-refractivity contribution in [1.29, 1.82) is 0 Å². The highest BCUT2D eigenvalue weighted by molar-refractivity contribution is 7.21. The molecule has 0 aliphatic heterocycles. The Hall–Kier alpha value is -2.45. The van der Waals surface area contributed by atoms with E-state index >= 15 is 0 Å². The molecule has 168 valence electrons. The molecule has 0 radical (unpaired) electrons. The Morgan fingerprint density at radius 1 is 1.03 bits per heavy atom. The van der Waals surface area contributed by atoms with Crippen molar-refractivity contribution in [3.63, 3.8) is 0 Å². The number of amides is 1. The van der Waals surface area contributed by atoms with Crippen LogP contribution in [0.4, 0.5) is 10.7 Å². The minimum atomic E-state index is -0.394. The van der Waals surface area contributed by atoms with Gasteiger partial charge in [0.15, 0.2) is 0 Å². The van der Waals surface area contributed by atoms with Crippen LogP contribution in [0.5, 0.6) is 0 Å². The number of nitrogens with zero attached hydrogens (tertiary/aromatic N) is 1. The van der Waals surface area contributed by atoms with Crippen LogP contribution in [-0.2, 0) is 30.4 Å². The highest BCUT2D eigenvalue weighted by Gasteiger charge is 2.28. The van der Waals surface area contributed by atoms with Crippen molar-refractivity contribution in [2.75, 3.05) is 18.2 Å². The number of nitrogens with two attached hydrogens (primary N) is 1. The number of carbonyl (C=O) groups excluding carboxylic acids is 2. The van der Waals surface area contributed by atoms with Gasteiger partial charge in [0, 0.05) is 16.0 Å². The van der Waals surface area contributed by atoms with Crippen LogP contribution in [0.3, 0.4) is 0 Å². The van der Waals surface area contributed by atoms with Gasteiger partial charge >= 0.3 is 5.97 Å². The summed E-state index contributed by atoms with van der Waals surface area (Å²) in [5.74, 6) is -0.684. The first-order valence-corrected chi connectivity index (χ1v) is 12.9. The van der Waals surface area contributed by atoms with Crippen LogP contribution < -0.4 is 11.1 Å². The molecule has 6 nitrogen and oxygen atoms in total. The van der Waals surface area contributed by atoms with Crippen molar-refractivity contribution in [2.24, 2.45) is 0 Å². The fourth-order valence-electron chi connectivity index (χ4n) is 4.81. The lowest BCUT2D eigenvalue weighted by Gasteiger charge is -2.07. The minimum absolute atomic E-state index is 0.290. The normalized spacial score (nSPS) is 16.0. The van der Waals surface area contributed by atoms with Gasteiger partial charge in [0.1, 0.15) is 14.7 Å². The number of pyridine rings is 1. The third kappa shape index (κ3) is 3.79. The zero-order valence-corrected chi connectivity index (χ0v) is 19.8. The number of aryl methyl sites for hydroxylation is 3. The van der Waals surface area contributed by atoms with E-state index in [4.69, 9.17) is 15.5 Å². The molecule has 0 fully saturated rings. The molecule has 0 aromatic carbocycles. The number of nitrogen functional groups attached to an aromatic ring is 1. The Morgan fingerprint density at radius 3 is 2.59 bits per heavy atom. The van der Waals surface area contributed by atoms with Crippen LogP contribution in [0.25, 0.3) is 10.2 Å². The molecule has 2 aliphatic rings. The van der Waals surface area contributed by atoms with Crippen LogP contribution in [0.1, 0.15) is 80.3 Å². The molecule has 3 heterocycles. The fourth-order valence-corrected chi connectivity index (χ4v) is 7.08. The quantitative estimate of drug-likeness (QED) is 0.389. The van der Waals surface area contributed by atoms with Crippen molar-refractivity contribution < 1.29 is 14.3 Å². The van der Waals surface area contributed by atoms with Crippen molar-refractivity contribution in [2.45, 2.75) is 64.2 Å². The zero-order chi connectivity index (χ0) is 22.2. The van der Waals surface area contributed by atoms with E-state index in [1.54, 1.807) is 0 Å². The first-order chi connectivity index (χ1) is 15.6. The summed E-state index contributed by atoms with van der Waals surface area (Å²) in [6.07, 6.45) is 10.6. The van der Waals surface area contributed by atoms with Crippen LogP contribution >= 0.6 is 22.7 Å². The smallest absolute Gasteiger partial charge is 0.341 e. The van der Waals surface area contributed by atoms with Crippen molar-refractivity contribution >= 4 is 55.5 Å². The molecular formula is C24H27N3O3S2. The van der Waals surface area contributed by atoms with Gasteiger partial charge in [0.25, 0.3) is 5.91 Å². The van der Waals surface area contributed by atoms with E-state index in [1.807, 2.05) is 0 Å². The maximum Gasteiger partial charge on any atom is 0.341 e. The maximum absolute atomic E-state index is 13.3. The summed E-state index contributed by atoms with van der Waals surface area (Å²) in [5, 5.41) is 4.40. The molecule has 0 spiro atoms. The molecule has 8 heteroatoms.